The molecule has 1 amide bonds. The number of aliphatic hydroxyl groups excluding tert-OH is 1. The van der Waals surface area contributed by atoms with Crippen LogP contribution in [-0.4, -0.2) is 53.8 Å². The van der Waals surface area contributed by atoms with Crippen molar-refractivity contribution in [2.75, 3.05) is 27.2 Å². The Labute approximate surface area is 210 Å². The topological polar surface area (TPSA) is 70.1 Å². The number of carbonyl (C=O) groups is 2. The first-order valence-electron chi connectivity index (χ1n) is 11.7. The Bertz CT molecular complexity index is 1300. The number of amides is 1. The van der Waals surface area contributed by atoms with E-state index in [2.05, 4.69) is 0 Å². The Morgan fingerprint density at radius 1 is 1.03 bits per heavy atom. The Morgan fingerprint density at radius 3 is 2.42 bits per heavy atom. The zero-order valence-corrected chi connectivity index (χ0v) is 20.6. The largest absolute Gasteiger partial charge is 0.507 e. The van der Waals surface area contributed by atoms with Crippen LogP contribution >= 0.6 is 0 Å². The van der Waals surface area contributed by atoms with Gasteiger partial charge in [0.2, 0.25) is 0 Å². The second kappa shape index (κ2) is 10.7. The standard InChI is InChI=1S/C29H29FN2O4/c1-19-7-6-8-20(17-19)18-36-22-13-11-21(12-14-22)27(33)25-26(23-9-4-5-10-24(23)30)32(16-15-31(2)3)29(35)28(25)34/h4-14,17,26,33H,15-16,18H2,1-3H3/t26-/m0/s1. The van der Waals surface area contributed by atoms with E-state index in [0.717, 1.165) is 11.1 Å². The van der Waals surface area contributed by atoms with Crippen LogP contribution in [0.3, 0.4) is 0 Å². The molecule has 0 bridgehead atoms. The summed E-state index contributed by atoms with van der Waals surface area (Å²) in [6.45, 7) is 3.08. The third kappa shape index (κ3) is 5.31. The second-order valence-electron chi connectivity index (χ2n) is 9.12. The first kappa shape index (κ1) is 25.1. The molecule has 0 saturated carbocycles. The quantitative estimate of drug-likeness (QED) is 0.283. The normalized spacial score (nSPS) is 17.1. The smallest absolute Gasteiger partial charge is 0.295 e. The number of hydrogen-bond acceptors (Lipinski definition) is 5. The van der Waals surface area contributed by atoms with Crippen LogP contribution < -0.4 is 4.74 Å². The predicted molar refractivity (Wildman–Crippen MR) is 136 cm³/mol. The minimum Gasteiger partial charge on any atom is -0.507 e. The molecule has 3 aromatic rings. The van der Waals surface area contributed by atoms with Gasteiger partial charge in [-0.05, 0) is 56.9 Å². The lowest BCUT2D eigenvalue weighted by Crippen LogP contribution is -2.35. The summed E-state index contributed by atoms with van der Waals surface area (Å²) in [6.07, 6.45) is 0. The van der Waals surface area contributed by atoms with E-state index in [1.807, 2.05) is 50.2 Å². The van der Waals surface area contributed by atoms with Gasteiger partial charge in [0.15, 0.2) is 0 Å². The highest BCUT2D eigenvalue weighted by Crippen LogP contribution is 2.40. The first-order chi connectivity index (χ1) is 17.3. The van der Waals surface area contributed by atoms with Gasteiger partial charge >= 0.3 is 0 Å². The van der Waals surface area contributed by atoms with Crippen LogP contribution in [-0.2, 0) is 16.2 Å². The van der Waals surface area contributed by atoms with Gasteiger partial charge in [0.05, 0.1) is 11.6 Å². The number of ether oxygens (including phenoxy) is 1. The van der Waals surface area contributed by atoms with Crippen molar-refractivity contribution in [3.05, 3.63) is 106 Å². The van der Waals surface area contributed by atoms with Crippen LogP contribution in [0, 0.1) is 12.7 Å². The molecule has 1 aliphatic rings. The number of likely N-dealkylation sites (tertiary alicyclic amines) is 1. The molecule has 0 spiro atoms. The predicted octanol–water partition coefficient (Wildman–Crippen LogP) is 4.70. The van der Waals surface area contributed by atoms with E-state index in [9.17, 15) is 19.1 Å². The molecule has 4 rings (SSSR count). The van der Waals surface area contributed by atoms with Gasteiger partial charge in [-0.15, -0.1) is 0 Å². The first-order valence-corrected chi connectivity index (χ1v) is 11.7. The molecular weight excluding hydrogens is 459 g/mol. The van der Waals surface area contributed by atoms with Crippen molar-refractivity contribution >= 4 is 17.4 Å². The average Bonchev–Trinajstić information content (AvgIpc) is 3.11. The highest BCUT2D eigenvalue weighted by Gasteiger charge is 2.46. The van der Waals surface area contributed by atoms with E-state index in [1.54, 1.807) is 36.4 Å². The van der Waals surface area contributed by atoms with Gasteiger partial charge in [-0.1, -0.05) is 48.0 Å². The minimum atomic E-state index is -1.02. The van der Waals surface area contributed by atoms with Gasteiger partial charge < -0.3 is 19.6 Å². The van der Waals surface area contributed by atoms with Crippen LogP contribution in [0.4, 0.5) is 4.39 Å². The fraction of sp³-hybridized carbons (Fsp3) is 0.241. The molecule has 1 saturated heterocycles. The molecule has 0 aromatic heterocycles. The van der Waals surface area contributed by atoms with Crippen molar-refractivity contribution in [3.63, 3.8) is 0 Å². The number of ketones is 1. The highest BCUT2D eigenvalue weighted by atomic mass is 19.1. The second-order valence-corrected chi connectivity index (χ2v) is 9.12. The highest BCUT2D eigenvalue weighted by molar-refractivity contribution is 6.46. The van der Waals surface area contributed by atoms with Gasteiger partial charge in [-0.25, -0.2) is 4.39 Å². The van der Waals surface area contributed by atoms with Gasteiger partial charge in [0.25, 0.3) is 11.7 Å². The number of carbonyl (C=O) groups excluding carboxylic acids is 2. The Hall–Kier alpha value is -3.97. The summed E-state index contributed by atoms with van der Waals surface area (Å²) in [7, 11) is 3.69. The molecule has 1 fully saturated rings. The molecule has 1 aliphatic heterocycles. The van der Waals surface area contributed by atoms with Crippen LogP contribution in [0.5, 0.6) is 5.75 Å². The molecular formula is C29H29FN2O4. The maximum absolute atomic E-state index is 14.8. The molecule has 1 N–H and O–H groups in total. The molecule has 7 heteroatoms. The zero-order valence-electron chi connectivity index (χ0n) is 20.6. The summed E-state index contributed by atoms with van der Waals surface area (Å²) in [5, 5.41) is 11.2. The Kier molecular flexibility index (Phi) is 7.50. The van der Waals surface area contributed by atoms with Gasteiger partial charge in [0, 0.05) is 24.2 Å². The number of benzene rings is 3. The van der Waals surface area contributed by atoms with Crippen molar-refractivity contribution in [1.29, 1.82) is 0 Å². The summed E-state index contributed by atoms with van der Waals surface area (Å²) < 4.78 is 20.7. The van der Waals surface area contributed by atoms with Crippen molar-refractivity contribution in [2.45, 2.75) is 19.6 Å². The van der Waals surface area contributed by atoms with Crippen LogP contribution in [0.1, 0.15) is 28.3 Å². The third-order valence-corrected chi connectivity index (χ3v) is 6.14. The van der Waals surface area contributed by atoms with Crippen LogP contribution in [0.25, 0.3) is 5.76 Å². The van der Waals surface area contributed by atoms with Crippen LogP contribution in [0.15, 0.2) is 78.4 Å². The van der Waals surface area contributed by atoms with Gasteiger partial charge in [0.1, 0.15) is 23.9 Å². The summed E-state index contributed by atoms with van der Waals surface area (Å²) >= 11 is 0. The lowest BCUT2D eigenvalue weighted by Gasteiger charge is -2.26. The fourth-order valence-electron chi connectivity index (χ4n) is 4.27. The van der Waals surface area contributed by atoms with Crippen molar-refractivity contribution in [2.24, 2.45) is 0 Å². The summed E-state index contributed by atoms with van der Waals surface area (Å²) in [5.41, 5.74) is 2.55. The van der Waals surface area contributed by atoms with Gasteiger partial charge in [-0.3, -0.25) is 9.59 Å². The molecule has 3 aromatic carbocycles. The van der Waals surface area contributed by atoms with E-state index >= 15 is 0 Å². The number of rotatable bonds is 8. The zero-order chi connectivity index (χ0) is 25.8. The number of hydrogen-bond donors (Lipinski definition) is 1. The van der Waals surface area contributed by atoms with E-state index in [-0.39, 0.29) is 23.4 Å². The SMILES string of the molecule is Cc1cccc(COc2ccc(C(O)=C3C(=O)C(=O)N(CCN(C)C)[C@H]3c3ccccc3F)cc2)c1. The maximum atomic E-state index is 14.8. The van der Waals surface area contributed by atoms with Crippen LogP contribution in [0.2, 0.25) is 0 Å². The average molecular weight is 489 g/mol. The number of aliphatic hydroxyl groups is 1. The fourth-order valence-corrected chi connectivity index (χ4v) is 4.27. The lowest BCUT2D eigenvalue weighted by molar-refractivity contribution is -0.140. The van der Waals surface area contributed by atoms with E-state index in [4.69, 9.17) is 4.74 Å². The number of Topliss-reactive ketones (excluding diaryl/α,β-unsaturated/α-hetero) is 1. The van der Waals surface area contributed by atoms with E-state index in [0.29, 0.717) is 24.5 Å². The molecule has 6 nitrogen and oxygen atoms in total. The number of halogens is 1. The van der Waals surface area contributed by atoms with Crippen molar-refractivity contribution in [3.8, 4) is 5.75 Å². The number of aryl methyl sites for hydroxylation is 1. The van der Waals surface area contributed by atoms with E-state index in [1.165, 1.54) is 17.0 Å². The molecule has 0 radical (unpaired) electrons. The third-order valence-electron chi connectivity index (χ3n) is 6.14. The van der Waals surface area contributed by atoms with Crippen molar-refractivity contribution in [1.82, 2.24) is 9.80 Å². The Morgan fingerprint density at radius 2 is 1.75 bits per heavy atom. The lowest BCUT2D eigenvalue weighted by atomic mass is 9.95. The monoisotopic (exact) mass is 488 g/mol. The molecule has 0 unspecified atom stereocenters. The van der Waals surface area contributed by atoms with Gasteiger partial charge in [-0.2, -0.15) is 0 Å². The molecule has 186 valence electrons. The molecule has 1 heterocycles. The molecule has 0 aliphatic carbocycles. The van der Waals surface area contributed by atoms with E-state index < -0.39 is 23.5 Å². The number of nitrogens with zero attached hydrogens (tertiary/aromatic N) is 2. The Balaban J connectivity index is 1.65. The van der Waals surface area contributed by atoms with Crippen molar-refractivity contribution < 1.29 is 23.8 Å². The minimum absolute atomic E-state index is 0.128. The maximum Gasteiger partial charge on any atom is 0.295 e. The molecule has 1 atom stereocenters. The summed E-state index contributed by atoms with van der Waals surface area (Å²) in [4.78, 5) is 29.2. The molecule has 36 heavy (non-hydrogen) atoms. The number of likely N-dealkylation sites (N-methyl/N-ethyl adjacent to an activating group) is 1. The summed E-state index contributed by atoms with van der Waals surface area (Å²) in [6, 6.07) is 19.6. The summed E-state index contributed by atoms with van der Waals surface area (Å²) in [5.74, 6) is -1.90.